The highest BCUT2D eigenvalue weighted by Gasteiger charge is 2.19. The average molecular weight is 342 g/mol. The van der Waals surface area contributed by atoms with E-state index < -0.39 is 20.0 Å². The van der Waals surface area contributed by atoms with Gasteiger partial charge in [-0.2, -0.15) is 0 Å². The van der Waals surface area contributed by atoms with Crippen molar-refractivity contribution in [1.29, 1.82) is 0 Å². The van der Waals surface area contributed by atoms with Crippen LogP contribution in [0.25, 0.3) is 0 Å². The van der Waals surface area contributed by atoms with E-state index in [-0.39, 0.29) is 34.4 Å². The van der Waals surface area contributed by atoms with E-state index in [9.17, 15) is 16.8 Å². The summed E-state index contributed by atoms with van der Waals surface area (Å²) in [5.74, 6) is -0.361. The summed E-state index contributed by atoms with van der Waals surface area (Å²) in [7, 11) is -7.39. The summed E-state index contributed by atoms with van der Waals surface area (Å²) in [5.41, 5.74) is 5.61. The standard InChI is InChI=1S/C10H16ClN3O4S2/c1-2-13-19(15,16)6-5-14-20(17,18)10-7-8(11)3-4-9(10)12/h3-4,7,13-14H,2,5-6,12H2,1H3. The zero-order chi connectivity index (χ0) is 15.4. The van der Waals surface area contributed by atoms with Gasteiger partial charge in [-0.05, 0) is 18.2 Å². The van der Waals surface area contributed by atoms with Crippen molar-refractivity contribution in [3.63, 3.8) is 0 Å². The molecule has 0 amide bonds. The highest BCUT2D eigenvalue weighted by atomic mass is 35.5. The molecule has 20 heavy (non-hydrogen) atoms. The second-order valence-corrected chi connectivity index (χ2v) is 7.99. The average Bonchev–Trinajstić information content (AvgIpc) is 2.31. The second kappa shape index (κ2) is 6.72. The topological polar surface area (TPSA) is 118 Å². The zero-order valence-corrected chi connectivity index (χ0v) is 13.1. The molecule has 7 nitrogen and oxygen atoms in total. The molecule has 0 aliphatic heterocycles. The van der Waals surface area contributed by atoms with Crippen LogP contribution in [0.5, 0.6) is 0 Å². The van der Waals surface area contributed by atoms with Crippen LogP contribution < -0.4 is 15.2 Å². The van der Waals surface area contributed by atoms with Gasteiger partial charge in [0.15, 0.2) is 0 Å². The number of sulfonamides is 2. The largest absolute Gasteiger partial charge is 0.398 e. The van der Waals surface area contributed by atoms with E-state index in [1.54, 1.807) is 6.92 Å². The van der Waals surface area contributed by atoms with Crippen LogP contribution in [0.3, 0.4) is 0 Å². The van der Waals surface area contributed by atoms with E-state index in [0.29, 0.717) is 0 Å². The van der Waals surface area contributed by atoms with E-state index >= 15 is 0 Å². The van der Waals surface area contributed by atoms with Crippen LogP contribution in [-0.2, 0) is 20.0 Å². The molecular formula is C10H16ClN3O4S2. The summed E-state index contributed by atoms with van der Waals surface area (Å²) in [6.45, 7) is 1.62. The number of hydrogen-bond acceptors (Lipinski definition) is 5. The summed E-state index contributed by atoms with van der Waals surface area (Å²) >= 11 is 5.72. The minimum absolute atomic E-state index is 0.0384. The number of nitrogens with two attached hydrogens (primary N) is 1. The summed E-state index contributed by atoms with van der Waals surface area (Å²) in [5, 5.41) is 0.222. The van der Waals surface area contributed by atoms with Gasteiger partial charge in [0.05, 0.1) is 11.4 Å². The highest BCUT2D eigenvalue weighted by molar-refractivity contribution is 7.90. The molecule has 0 aliphatic rings. The van der Waals surface area contributed by atoms with Crippen molar-refractivity contribution in [2.75, 3.05) is 24.6 Å². The monoisotopic (exact) mass is 341 g/mol. The lowest BCUT2D eigenvalue weighted by molar-refractivity contribution is 0.577. The lowest BCUT2D eigenvalue weighted by Gasteiger charge is -2.10. The molecule has 0 bridgehead atoms. The maximum Gasteiger partial charge on any atom is 0.242 e. The molecule has 0 radical (unpaired) electrons. The van der Waals surface area contributed by atoms with E-state index in [0.717, 1.165) is 0 Å². The molecule has 1 rings (SSSR count). The maximum absolute atomic E-state index is 12.0. The van der Waals surface area contributed by atoms with E-state index in [1.807, 2.05) is 0 Å². The predicted octanol–water partition coefficient (Wildman–Crippen LogP) is 0.140. The number of nitrogen functional groups attached to an aromatic ring is 1. The molecule has 1 aromatic rings. The quantitative estimate of drug-likeness (QED) is 0.609. The number of nitrogens with one attached hydrogen (secondary N) is 2. The third-order valence-electron chi connectivity index (χ3n) is 2.29. The molecule has 114 valence electrons. The van der Waals surface area contributed by atoms with Crippen LogP contribution in [0.15, 0.2) is 23.1 Å². The molecule has 0 unspecified atom stereocenters. The molecule has 0 heterocycles. The van der Waals surface area contributed by atoms with Gasteiger partial charge in [-0.3, -0.25) is 0 Å². The molecule has 0 aromatic heterocycles. The Hall–Kier alpha value is -0.870. The molecule has 0 saturated carbocycles. The Morgan fingerprint density at radius 2 is 1.85 bits per heavy atom. The molecule has 4 N–H and O–H groups in total. The fraction of sp³-hybridized carbons (Fsp3) is 0.400. The lowest BCUT2D eigenvalue weighted by atomic mass is 10.3. The van der Waals surface area contributed by atoms with Gasteiger partial charge >= 0.3 is 0 Å². The van der Waals surface area contributed by atoms with Gasteiger partial charge in [0, 0.05) is 18.1 Å². The van der Waals surface area contributed by atoms with Crippen molar-refractivity contribution in [1.82, 2.24) is 9.44 Å². The molecule has 1 aromatic carbocycles. The SMILES string of the molecule is CCNS(=O)(=O)CCNS(=O)(=O)c1cc(Cl)ccc1N. The number of benzene rings is 1. The Bertz CT molecular complexity index is 674. The molecular weight excluding hydrogens is 326 g/mol. The highest BCUT2D eigenvalue weighted by Crippen LogP contribution is 2.22. The summed E-state index contributed by atoms with van der Waals surface area (Å²) in [4.78, 5) is -0.175. The predicted molar refractivity (Wildman–Crippen MR) is 78.5 cm³/mol. The maximum atomic E-state index is 12.0. The Morgan fingerprint density at radius 1 is 1.20 bits per heavy atom. The van der Waals surface area contributed by atoms with Crippen molar-refractivity contribution in [2.45, 2.75) is 11.8 Å². The van der Waals surface area contributed by atoms with E-state index in [2.05, 4.69) is 9.44 Å². The number of anilines is 1. The normalized spacial score (nSPS) is 12.5. The van der Waals surface area contributed by atoms with Gasteiger partial charge in [0.1, 0.15) is 4.90 Å². The van der Waals surface area contributed by atoms with Crippen LogP contribution in [-0.4, -0.2) is 35.7 Å². The Kier molecular flexibility index (Phi) is 5.78. The molecule has 0 saturated heterocycles. The van der Waals surface area contributed by atoms with Crippen LogP contribution in [0, 0.1) is 0 Å². The van der Waals surface area contributed by atoms with Crippen molar-refractivity contribution in [3.8, 4) is 0 Å². The molecule has 10 heteroatoms. The first kappa shape index (κ1) is 17.2. The van der Waals surface area contributed by atoms with Gasteiger partial charge in [-0.1, -0.05) is 18.5 Å². The van der Waals surface area contributed by atoms with Crippen molar-refractivity contribution < 1.29 is 16.8 Å². The van der Waals surface area contributed by atoms with Crippen LogP contribution in [0.2, 0.25) is 5.02 Å². The fourth-order valence-electron chi connectivity index (χ4n) is 1.42. The zero-order valence-electron chi connectivity index (χ0n) is 10.8. The third kappa shape index (κ3) is 4.91. The first-order valence-electron chi connectivity index (χ1n) is 5.70. The van der Waals surface area contributed by atoms with Crippen molar-refractivity contribution in [2.24, 2.45) is 0 Å². The molecule has 0 atom stereocenters. The summed E-state index contributed by atoms with van der Waals surface area (Å²) in [6, 6.07) is 4.04. The minimum atomic E-state index is -3.90. The Labute approximate surface area is 123 Å². The van der Waals surface area contributed by atoms with Gasteiger partial charge < -0.3 is 5.73 Å². The minimum Gasteiger partial charge on any atom is -0.398 e. The van der Waals surface area contributed by atoms with Gasteiger partial charge in [-0.25, -0.2) is 26.3 Å². The molecule has 0 aliphatic carbocycles. The van der Waals surface area contributed by atoms with Gasteiger partial charge in [0.25, 0.3) is 0 Å². The van der Waals surface area contributed by atoms with E-state index in [4.69, 9.17) is 17.3 Å². The molecule has 0 spiro atoms. The summed E-state index contributed by atoms with van der Waals surface area (Å²) in [6.07, 6.45) is 0. The number of halogens is 1. The first-order valence-corrected chi connectivity index (χ1v) is 9.21. The second-order valence-electron chi connectivity index (χ2n) is 3.90. The van der Waals surface area contributed by atoms with Crippen LogP contribution >= 0.6 is 11.6 Å². The smallest absolute Gasteiger partial charge is 0.242 e. The summed E-state index contributed by atoms with van der Waals surface area (Å²) < 4.78 is 51.2. The Balaban J connectivity index is 2.79. The third-order valence-corrected chi connectivity index (χ3v) is 5.51. The number of rotatable bonds is 7. The molecule has 0 fully saturated rings. The Morgan fingerprint density at radius 3 is 2.45 bits per heavy atom. The van der Waals surface area contributed by atoms with Gasteiger partial charge in [0.2, 0.25) is 20.0 Å². The number of hydrogen-bond donors (Lipinski definition) is 3. The first-order chi connectivity index (χ1) is 9.18. The van der Waals surface area contributed by atoms with Crippen LogP contribution in [0.1, 0.15) is 6.92 Å². The van der Waals surface area contributed by atoms with E-state index in [1.165, 1.54) is 18.2 Å². The van der Waals surface area contributed by atoms with Crippen molar-refractivity contribution >= 4 is 37.3 Å². The van der Waals surface area contributed by atoms with Crippen molar-refractivity contribution in [3.05, 3.63) is 23.2 Å². The van der Waals surface area contributed by atoms with Gasteiger partial charge in [-0.15, -0.1) is 0 Å². The van der Waals surface area contributed by atoms with Crippen LogP contribution in [0.4, 0.5) is 5.69 Å². The fourth-order valence-corrected chi connectivity index (χ4v) is 3.93. The lowest BCUT2D eigenvalue weighted by Crippen LogP contribution is -2.34.